The first-order valence-electron chi connectivity index (χ1n) is 7.92. The molecule has 112 valence electrons. The molecule has 1 atom stereocenters. The number of ether oxygens (including phenoxy) is 1. The van der Waals surface area contributed by atoms with Gasteiger partial charge in [-0.3, -0.25) is 4.79 Å². The summed E-state index contributed by atoms with van der Waals surface area (Å²) in [6, 6.07) is 0. The number of carbonyl (C=O) groups excluding carboxylic acids is 1. The first-order chi connectivity index (χ1) is 9.07. The fraction of sp³-hybridized carbons (Fsp3) is 0.824. The second-order valence-corrected chi connectivity index (χ2v) is 5.63. The van der Waals surface area contributed by atoms with Gasteiger partial charge in [-0.05, 0) is 38.5 Å². The lowest BCUT2D eigenvalue weighted by Gasteiger charge is -2.16. The summed E-state index contributed by atoms with van der Waals surface area (Å²) in [6.45, 7) is 8.28. The van der Waals surface area contributed by atoms with Gasteiger partial charge >= 0.3 is 5.97 Å². The van der Waals surface area contributed by atoms with E-state index < -0.39 is 0 Å². The largest absolute Gasteiger partial charge is 0.462 e. The fourth-order valence-corrected chi connectivity index (χ4v) is 1.75. The quantitative estimate of drug-likeness (QED) is 0.290. The minimum absolute atomic E-state index is 0.0351. The Bertz CT molecular complexity index is 244. The Balaban J connectivity index is 3.34. The van der Waals surface area contributed by atoms with E-state index in [-0.39, 0.29) is 12.1 Å². The molecule has 0 aliphatic rings. The normalized spacial score (nSPS) is 13.1. The first kappa shape index (κ1) is 18.2. The van der Waals surface area contributed by atoms with Gasteiger partial charge in [0.25, 0.3) is 0 Å². The van der Waals surface area contributed by atoms with E-state index in [1.165, 1.54) is 25.7 Å². The molecule has 0 fully saturated rings. The molecule has 0 rings (SSSR count). The average Bonchev–Trinajstić information content (AvgIpc) is 2.36. The lowest BCUT2D eigenvalue weighted by Crippen LogP contribution is -2.19. The second kappa shape index (κ2) is 12.3. The van der Waals surface area contributed by atoms with Crippen LogP contribution in [0.3, 0.4) is 0 Å². The van der Waals surface area contributed by atoms with Crippen molar-refractivity contribution in [2.24, 2.45) is 5.92 Å². The summed E-state index contributed by atoms with van der Waals surface area (Å²) in [5.74, 6) is 0.368. The molecule has 0 amide bonds. The maximum Gasteiger partial charge on any atom is 0.306 e. The zero-order valence-corrected chi connectivity index (χ0v) is 13.3. The zero-order chi connectivity index (χ0) is 14.5. The fourth-order valence-electron chi connectivity index (χ4n) is 1.75. The second-order valence-electron chi connectivity index (χ2n) is 5.63. The first-order valence-corrected chi connectivity index (χ1v) is 7.92. The van der Waals surface area contributed by atoms with Crippen molar-refractivity contribution in [1.29, 1.82) is 0 Å². The number of hydrogen-bond acceptors (Lipinski definition) is 2. The maximum absolute atomic E-state index is 11.5. The minimum atomic E-state index is -0.0351. The highest BCUT2D eigenvalue weighted by Crippen LogP contribution is 2.11. The van der Waals surface area contributed by atoms with Crippen molar-refractivity contribution in [3.05, 3.63) is 12.2 Å². The summed E-state index contributed by atoms with van der Waals surface area (Å²) in [5, 5.41) is 0. The lowest BCUT2D eigenvalue weighted by molar-refractivity contribution is -0.150. The zero-order valence-electron chi connectivity index (χ0n) is 13.3. The summed E-state index contributed by atoms with van der Waals surface area (Å²) >= 11 is 0. The topological polar surface area (TPSA) is 26.3 Å². The molecule has 0 radical (unpaired) electrons. The van der Waals surface area contributed by atoms with E-state index in [2.05, 4.69) is 32.9 Å². The van der Waals surface area contributed by atoms with Gasteiger partial charge in [0.2, 0.25) is 0 Å². The molecule has 2 nitrogen and oxygen atoms in total. The molecule has 0 spiro atoms. The van der Waals surface area contributed by atoms with Crippen molar-refractivity contribution < 1.29 is 9.53 Å². The van der Waals surface area contributed by atoms with Crippen LogP contribution in [0.5, 0.6) is 0 Å². The summed E-state index contributed by atoms with van der Waals surface area (Å²) < 4.78 is 5.34. The number of unbranched alkanes of at least 4 members (excludes halogenated alkanes) is 5. The van der Waals surface area contributed by atoms with E-state index >= 15 is 0 Å². The van der Waals surface area contributed by atoms with Crippen LogP contribution in [0.4, 0.5) is 0 Å². The number of esters is 1. The number of allylic oxidation sites excluding steroid dienone is 2. The van der Waals surface area contributed by atoms with Gasteiger partial charge in [0.1, 0.15) is 6.10 Å². The molecule has 0 aromatic heterocycles. The van der Waals surface area contributed by atoms with Gasteiger partial charge in [-0.25, -0.2) is 0 Å². The molecule has 0 N–H and O–H groups in total. The van der Waals surface area contributed by atoms with E-state index in [1.54, 1.807) is 0 Å². The lowest BCUT2D eigenvalue weighted by atomic mass is 10.1. The summed E-state index contributed by atoms with van der Waals surface area (Å²) in [5.41, 5.74) is 0. The van der Waals surface area contributed by atoms with Crippen molar-refractivity contribution in [2.45, 2.75) is 85.2 Å². The Hall–Kier alpha value is -0.790. The van der Waals surface area contributed by atoms with Crippen molar-refractivity contribution in [3.8, 4) is 0 Å². The third kappa shape index (κ3) is 12.0. The third-order valence-corrected chi connectivity index (χ3v) is 3.41. The summed E-state index contributed by atoms with van der Waals surface area (Å²) in [7, 11) is 0. The Morgan fingerprint density at radius 2 is 1.63 bits per heavy atom. The van der Waals surface area contributed by atoms with Gasteiger partial charge in [-0.15, -0.1) is 0 Å². The molecule has 0 aliphatic carbocycles. The Morgan fingerprint density at radius 3 is 2.26 bits per heavy atom. The molecule has 2 heteroatoms. The van der Waals surface area contributed by atoms with E-state index in [0.717, 1.165) is 19.3 Å². The van der Waals surface area contributed by atoms with Crippen molar-refractivity contribution in [1.82, 2.24) is 0 Å². The molecule has 0 heterocycles. The summed E-state index contributed by atoms with van der Waals surface area (Å²) in [6.07, 6.45) is 13.3. The average molecular weight is 268 g/mol. The molecule has 1 unspecified atom stereocenters. The van der Waals surface area contributed by atoms with Crippen LogP contribution in [0.15, 0.2) is 12.2 Å². The summed E-state index contributed by atoms with van der Waals surface area (Å²) in [4.78, 5) is 11.5. The van der Waals surface area contributed by atoms with Gasteiger partial charge in [0, 0.05) is 6.42 Å². The van der Waals surface area contributed by atoms with E-state index in [9.17, 15) is 4.79 Å². The van der Waals surface area contributed by atoms with Crippen LogP contribution in [0.2, 0.25) is 0 Å². The predicted molar refractivity (Wildman–Crippen MR) is 82.1 cm³/mol. The molecule has 0 aliphatic heterocycles. The smallest absolute Gasteiger partial charge is 0.306 e. The Labute approximate surface area is 119 Å². The van der Waals surface area contributed by atoms with Crippen molar-refractivity contribution >= 4 is 5.97 Å². The van der Waals surface area contributed by atoms with Crippen LogP contribution in [0, 0.1) is 5.92 Å². The Kier molecular flexibility index (Phi) is 11.7. The van der Waals surface area contributed by atoms with Gasteiger partial charge < -0.3 is 4.74 Å². The molecular weight excluding hydrogens is 236 g/mol. The molecular formula is C17H32O2. The van der Waals surface area contributed by atoms with Crippen LogP contribution in [0.25, 0.3) is 0 Å². The molecule has 0 saturated heterocycles. The van der Waals surface area contributed by atoms with Crippen LogP contribution in [-0.2, 0) is 9.53 Å². The van der Waals surface area contributed by atoms with E-state index in [4.69, 9.17) is 4.74 Å². The van der Waals surface area contributed by atoms with E-state index in [1.807, 2.05) is 6.92 Å². The molecule has 0 aromatic rings. The maximum atomic E-state index is 11.5. The Morgan fingerprint density at radius 1 is 1.00 bits per heavy atom. The van der Waals surface area contributed by atoms with Crippen LogP contribution < -0.4 is 0 Å². The van der Waals surface area contributed by atoms with Crippen LogP contribution in [-0.4, -0.2) is 12.1 Å². The number of hydrogen-bond donors (Lipinski definition) is 0. The van der Waals surface area contributed by atoms with Crippen LogP contribution >= 0.6 is 0 Å². The monoisotopic (exact) mass is 268 g/mol. The highest BCUT2D eigenvalue weighted by atomic mass is 16.5. The van der Waals surface area contributed by atoms with E-state index in [0.29, 0.717) is 12.3 Å². The van der Waals surface area contributed by atoms with Gasteiger partial charge in [0.15, 0.2) is 0 Å². The predicted octanol–water partition coefficient (Wildman–Crippen LogP) is 5.27. The van der Waals surface area contributed by atoms with Gasteiger partial charge in [-0.2, -0.15) is 0 Å². The van der Waals surface area contributed by atoms with Crippen molar-refractivity contribution in [2.75, 3.05) is 0 Å². The van der Waals surface area contributed by atoms with Gasteiger partial charge in [-0.1, -0.05) is 52.2 Å². The highest BCUT2D eigenvalue weighted by Gasteiger charge is 2.12. The molecule has 0 saturated carbocycles. The minimum Gasteiger partial charge on any atom is -0.462 e. The SMILES string of the molecule is CC/C=C\CCCCCCCC(=O)OC(C)C(C)C. The van der Waals surface area contributed by atoms with Crippen molar-refractivity contribution in [3.63, 3.8) is 0 Å². The van der Waals surface area contributed by atoms with Gasteiger partial charge in [0.05, 0.1) is 0 Å². The molecule has 0 aromatic carbocycles. The molecule has 19 heavy (non-hydrogen) atoms. The highest BCUT2D eigenvalue weighted by molar-refractivity contribution is 5.69. The number of carbonyl (C=O) groups is 1. The third-order valence-electron chi connectivity index (χ3n) is 3.41. The molecule has 0 bridgehead atoms. The number of rotatable bonds is 11. The van der Waals surface area contributed by atoms with Crippen LogP contribution in [0.1, 0.15) is 79.1 Å². The standard InChI is InChI=1S/C17H32O2/c1-5-6-7-8-9-10-11-12-13-14-17(18)19-16(4)15(2)3/h6-7,15-16H,5,8-14H2,1-4H3/b7-6-.